The molecule has 2 aliphatic carbocycles. The van der Waals surface area contributed by atoms with E-state index in [9.17, 15) is 10.2 Å². The highest BCUT2D eigenvalue weighted by molar-refractivity contribution is 5.23. The second-order valence-corrected chi connectivity index (χ2v) is 6.70. The summed E-state index contributed by atoms with van der Waals surface area (Å²) >= 11 is 0. The molecule has 2 N–H and O–H groups in total. The highest BCUT2D eigenvalue weighted by atomic mass is 16.3. The van der Waals surface area contributed by atoms with Crippen molar-refractivity contribution >= 4 is 0 Å². The van der Waals surface area contributed by atoms with E-state index in [1.54, 1.807) is 5.57 Å². The van der Waals surface area contributed by atoms with Gasteiger partial charge < -0.3 is 10.2 Å². The van der Waals surface area contributed by atoms with Crippen LogP contribution in [0.15, 0.2) is 11.1 Å². The van der Waals surface area contributed by atoms with Crippen LogP contribution in [-0.2, 0) is 0 Å². The van der Waals surface area contributed by atoms with Gasteiger partial charge in [-0.25, -0.2) is 0 Å². The lowest BCUT2D eigenvalue weighted by Crippen LogP contribution is -2.40. The van der Waals surface area contributed by atoms with Crippen molar-refractivity contribution in [2.24, 2.45) is 17.8 Å². The van der Waals surface area contributed by atoms with Gasteiger partial charge in [0, 0.05) is 5.92 Å². The van der Waals surface area contributed by atoms with Gasteiger partial charge in [-0.05, 0) is 58.3 Å². The minimum absolute atomic E-state index is 0.000463. The zero-order valence-electron chi connectivity index (χ0n) is 11.5. The van der Waals surface area contributed by atoms with Gasteiger partial charge in [0.1, 0.15) is 0 Å². The van der Waals surface area contributed by atoms with Gasteiger partial charge in [0.15, 0.2) is 0 Å². The third-order valence-electron chi connectivity index (χ3n) is 4.95. The summed E-state index contributed by atoms with van der Waals surface area (Å²) in [5.74, 6) is 1.29. The maximum atomic E-state index is 10.3. The second-order valence-electron chi connectivity index (χ2n) is 6.70. The standard InChI is InChI=1S/C15H26O2/c1-9-5-6-11-10(2)7-14(16)13(8-12(9)11)15(3,4)17/h9,12-14,16-17H,5-8H2,1-4H3/t9-,12-,13-,14-/m0/s1. The van der Waals surface area contributed by atoms with Crippen molar-refractivity contribution < 1.29 is 10.2 Å². The molecule has 2 heteroatoms. The number of aliphatic hydroxyl groups excluding tert-OH is 1. The van der Waals surface area contributed by atoms with Gasteiger partial charge in [0.2, 0.25) is 0 Å². The predicted molar refractivity (Wildman–Crippen MR) is 69.6 cm³/mol. The quantitative estimate of drug-likeness (QED) is 0.690. The van der Waals surface area contributed by atoms with E-state index in [4.69, 9.17) is 0 Å². The lowest BCUT2D eigenvalue weighted by Gasteiger charge is -2.34. The Kier molecular flexibility index (Phi) is 3.39. The van der Waals surface area contributed by atoms with E-state index >= 15 is 0 Å². The maximum absolute atomic E-state index is 10.3. The van der Waals surface area contributed by atoms with Crippen molar-refractivity contribution in [3.63, 3.8) is 0 Å². The number of aliphatic hydroxyl groups is 2. The van der Waals surface area contributed by atoms with E-state index < -0.39 is 5.60 Å². The van der Waals surface area contributed by atoms with Crippen molar-refractivity contribution in [1.29, 1.82) is 0 Å². The SMILES string of the molecule is CC1=C2CC[C@H](C)[C@@H]2C[C@H](C(C)(C)O)[C@@H](O)C1. The second kappa shape index (κ2) is 4.40. The van der Waals surface area contributed by atoms with Crippen LogP contribution in [0.4, 0.5) is 0 Å². The van der Waals surface area contributed by atoms with Crippen molar-refractivity contribution in [3.8, 4) is 0 Å². The Morgan fingerprint density at radius 1 is 1.29 bits per heavy atom. The van der Waals surface area contributed by atoms with Crippen molar-refractivity contribution in [3.05, 3.63) is 11.1 Å². The highest BCUT2D eigenvalue weighted by Crippen LogP contribution is 2.47. The first-order valence-corrected chi connectivity index (χ1v) is 6.89. The fourth-order valence-corrected chi connectivity index (χ4v) is 3.79. The minimum Gasteiger partial charge on any atom is -0.392 e. The lowest BCUT2D eigenvalue weighted by atomic mass is 9.77. The molecule has 1 saturated carbocycles. The first-order chi connectivity index (χ1) is 7.80. The smallest absolute Gasteiger partial charge is 0.0644 e. The fraction of sp³-hybridized carbons (Fsp3) is 0.867. The molecular formula is C15H26O2. The summed E-state index contributed by atoms with van der Waals surface area (Å²) in [5, 5.41) is 20.6. The summed E-state index contributed by atoms with van der Waals surface area (Å²) in [6.45, 7) is 8.14. The van der Waals surface area contributed by atoms with Crippen molar-refractivity contribution in [1.82, 2.24) is 0 Å². The summed E-state index contributed by atoms with van der Waals surface area (Å²) in [7, 11) is 0. The van der Waals surface area contributed by atoms with E-state index in [1.165, 1.54) is 18.4 Å². The molecule has 0 bridgehead atoms. The van der Waals surface area contributed by atoms with Crippen LogP contribution in [0.1, 0.15) is 53.4 Å². The largest absolute Gasteiger partial charge is 0.392 e. The van der Waals surface area contributed by atoms with Gasteiger partial charge in [0.05, 0.1) is 11.7 Å². The van der Waals surface area contributed by atoms with Crippen LogP contribution in [0.5, 0.6) is 0 Å². The summed E-state index contributed by atoms with van der Waals surface area (Å²) in [6, 6.07) is 0. The molecule has 0 spiro atoms. The Labute approximate surface area is 105 Å². The molecule has 2 nitrogen and oxygen atoms in total. The Bertz CT molecular complexity index is 324. The van der Waals surface area contributed by atoms with Gasteiger partial charge in [-0.1, -0.05) is 18.1 Å². The topological polar surface area (TPSA) is 40.5 Å². The minimum atomic E-state index is -0.780. The van der Waals surface area contributed by atoms with Gasteiger partial charge in [-0.15, -0.1) is 0 Å². The Hall–Kier alpha value is -0.340. The average Bonchev–Trinajstić information content (AvgIpc) is 2.47. The first-order valence-electron chi connectivity index (χ1n) is 6.89. The summed E-state index contributed by atoms with van der Waals surface area (Å²) in [6.07, 6.45) is 3.76. The van der Waals surface area contributed by atoms with E-state index in [1.807, 2.05) is 13.8 Å². The molecule has 0 heterocycles. The molecule has 2 aliphatic rings. The molecule has 0 aliphatic heterocycles. The van der Waals surface area contributed by atoms with Gasteiger partial charge >= 0.3 is 0 Å². The lowest BCUT2D eigenvalue weighted by molar-refractivity contribution is -0.0536. The number of hydrogen-bond donors (Lipinski definition) is 2. The normalized spacial score (nSPS) is 39.2. The van der Waals surface area contributed by atoms with Crippen LogP contribution >= 0.6 is 0 Å². The van der Waals surface area contributed by atoms with E-state index in [0.29, 0.717) is 11.8 Å². The molecule has 0 aromatic rings. The van der Waals surface area contributed by atoms with Gasteiger partial charge in [0.25, 0.3) is 0 Å². The molecule has 0 amide bonds. The molecular weight excluding hydrogens is 212 g/mol. The van der Waals surface area contributed by atoms with Crippen LogP contribution in [0.25, 0.3) is 0 Å². The zero-order valence-corrected chi connectivity index (χ0v) is 11.5. The maximum Gasteiger partial charge on any atom is 0.0644 e. The van der Waals surface area contributed by atoms with Gasteiger partial charge in [-0.2, -0.15) is 0 Å². The van der Waals surface area contributed by atoms with Crippen LogP contribution in [0, 0.1) is 17.8 Å². The number of allylic oxidation sites excluding steroid dienone is 1. The average molecular weight is 238 g/mol. The number of fused-ring (bicyclic) bond motifs is 1. The molecule has 0 aromatic heterocycles. The number of hydrogen-bond acceptors (Lipinski definition) is 2. The molecule has 1 fully saturated rings. The summed E-state index contributed by atoms with van der Waals surface area (Å²) in [5.41, 5.74) is 2.17. The molecule has 0 aromatic carbocycles. The number of rotatable bonds is 1. The third-order valence-corrected chi connectivity index (χ3v) is 4.95. The van der Waals surface area contributed by atoms with E-state index in [-0.39, 0.29) is 12.0 Å². The first kappa shape index (κ1) is 13.1. The molecule has 4 atom stereocenters. The molecule has 0 unspecified atom stereocenters. The van der Waals surface area contributed by atoms with Crippen LogP contribution in [0.3, 0.4) is 0 Å². The Morgan fingerprint density at radius 3 is 2.53 bits per heavy atom. The van der Waals surface area contributed by atoms with Gasteiger partial charge in [-0.3, -0.25) is 0 Å². The molecule has 17 heavy (non-hydrogen) atoms. The Balaban J connectivity index is 2.29. The summed E-state index contributed by atoms with van der Waals surface area (Å²) in [4.78, 5) is 0. The highest BCUT2D eigenvalue weighted by Gasteiger charge is 2.41. The van der Waals surface area contributed by atoms with Crippen molar-refractivity contribution in [2.75, 3.05) is 0 Å². The summed E-state index contributed by atoms with van der Waals surface area (Å²) < 4.78 is 0. The zero-order chi connectivity index (χ0) is 12.8. The molecule has 98 valence electrons. The predicted octanol–water partition coefficient (Wildman–Crippen LogP) is 2.89. The van der Waals surface area contributed by atoms with Crippen LogP contribution < -0.4 is 0 Å². The van der Waals surface area contributed by atoms with Crippen molar-refractivity contribution in [2.45, 2.75) is 65.1 Å². The monoisotopic (exact) mass is 238 g/mol. The van der Waals surface area contributed by atoms with Crippen LogP contribution in [-0.4, -0.2) is 21.9 Å². The van der Waals surface area contributed by atoms with E-state index in [2.05, 4.69) is 13.8 Å². The molecule has 0 saturated heterocycles. The Morgan fingerprint density at radius 2 is 1.94 bits per heavy atom. The fourth-order valence-electron chi connectivity index (χ4n) is 3.79. The molecule has 2 rings (SSSR count). The van der Waals surface area contributed by atoms with Crippen LogP contribution in [0.2, 0.25) is 0 Å². The molecule has 0 radical (unpaired) electrons. The third kappa shape index (κ3) is 2.43. The van der Waals surface area contributed by atoms with E-state index in [0.717, 1.165) is 12.8 Å².